The summed E-state index contributed by atoms with van der Waals surface area (Å²) in [7, 11) is 0. The SMILES string of the molecule is Cc1nc(-c2ccc(F)c(Br)c2)oc1C. The van der Waals surface area contributed by atoms with Gasteiger partial charge in [0.05, 0.1) is 10.2 Å². The molecule has 0 spiro atoms. The first-order valence-electron chi connectivity index (χ1n) is 4.47. The average molecular weight is 270 g/mol. The van der Waals surface area contributed by atoms with Crippen LogP contribution in [0.2, 0.25) is 0 Å². The Morgan fingerprint density at radius 3 is 2.60 bits per heavy atom. The minimum absolute atomic E-state index is 0.293. The lowest BCUT2D eigenvalue weighted by molar-refractivity contribution is 0.540. The molecule has 0 saturated heterocycles. The van der Waals surface area contributed by atoms with Crippen LogP contribution in [0.5, 0.6) is 0 Å². The van der Waals surface area contributed by atoms with Crippen LogP contribution in [0.25, 0.3) is 11.5 Å². The van der Waals surface area contributed by atoms with Gasteiger partial charge in [-0.15, -0.1) is 0 Å². The van der Waals surface area contributed by atoms with Crippen molar-refractivity contribution in [3.8, 4) is 11.5 Å². The molecule has 2 nitrogen and oxygen atoms in total. The van der Waals surface area contributed by atoms with Gasteiger partial charge in [0.1, 0.15) is 11.6 Å². The molecule has 0 aliphatic rings. The van der Waals surface area contributed by atoms with Gasteiger partial charge in [0.25, 0.3) is 0 Å². The number of halogens is 2. The molecule has 1 aromatic carbocycles. The van der Waals surface area contributed by atoms with Crippen LogP contribution in [-0.4, -0.2) is 4.98 Å². The molecule has 0 saturated carbocycles. The first-order valence-corrected chi connectivity index (χ1v) is 5.26. The van der Waals surface area contributed by atoms with E-state index in [0.29, 0.717) is 10.4 Å². The van der Waals surface area contributed by atoms with E-state index in [4.69, 9.17) is 4.42 Å². The van der Waals surface area contributed by atoms with Gasteiger partial charge in [-0.25, -0.2) is 9.37 Å². The van der Waals surface area contributed by atoms with Crippen LogP contribution < -0.4 is 0 Å². The number of nitrogens with zero attached hydrogens (tertiary/aromatic N) is 1. The predicted molar refractivity (Wildman–Crippen MR) is 59.1 cm³/mol. The summed E-state index contributed by atoms with van der Waals surface area (Å²) in [5, 5.41) is 0. The first-order chi connectivity index (χ1) is 7.08. The molecular weight excluding hydrogens is 261 g/mol. The standard InChI is InChI=1S/C11H9BrFNO/c1-6-7(2)15-11(14-6)8-3-4-10(13)9(12)5-8/h3-5H,1-2H3. The van der Waals surface area contributed by atoms with E-state index in [2.05, 4.69) is 20.9 Å². The molecule has 78 valence electrons. The molecule has 0 fully saturated rings. The van der Waals surface area contributed by atoms with Gasteiger partial charge in [-0.3, -0.25) is 0 Å². The van der Waals surface area contributed by atoms with Crippen molar-refractivity contribution in [1.82, 2.24) is 4.98 Å². The molecule has 0 unspecified atom stereocenters. The van der Waals surface area contributed by atoms with Gasteiger partial charge < -0.3 is 4.42 Å². The fraction of sp³-hybridized carbons (Fsp3) is 0.182. The van der Waals surface area contributed by atoms with Crippen molar-refractivity contribution in [3.05, 3.63) is 39.9 Å². The average Bonchev–Trinajstić information content (AvgIpc) is 2.52. The third-order valence-corrected chi connectivity index (χ3v) is 2.80. The summed E-state index contributed by atoms with van der Waals surface area (Å²) in [6.45, 7) is 3.73. The zero-order valence-electron chi connectivity index (χ0n) is 8.34. The number of aromatic nitrogens is 1. The molecule has 1 heterocycles. The summed E-state index contributed by atoms with van der Waals surface area (Å²) in [6.07, 6.45) is 0. The number of oxazole rings is 1. The smallest absolute Gasteiger partial charge is 0.226 e. The summed E-state index contributed by atoms with van der Waals surface area (Å²) in [6, 6.07) is 4.68. The number of aryl methyl sites for hydroxylation is 2. The van der Waals surface area contributed by atoms with E-state index in [0.717, 1.165) is 17.0 Å². The lowest BCUT2D eigenvalue weighted by Crippen LogP contribution is -1.81. The van der Waals surface area contributed by atoms with Crippen molar-refractivity contribution >= 4 is 15.9 Å². The van der Waals surface area contributed by atoms with E-state index >= 15 is 0 Å². The Hall–Kier alpha value is -1.16. The Labute approximate surface area is 95.3 Å². The van der Waals surface area contributed by atoms with Gasteiger partial charge in [0, 0.05) is 5.56 Å². The molecule has 1 aromatic heterocycles. The third kappa shape index (κ3) is 1.95. The van der Waals surface area contributed by atoms with Crippen molar-refractivity contribution < 1.29 is 8.81 Å². The molecule has 0 aliphatic carbocycles. The number of hydrogen-bond donors (Lipinski definition) is 0. The van der Waals surface area contributed by atoms with Crippen LogP contribution >= 0.6 is 15.9 Å². The third-order valence-electron chi connectivity index (χ3n) is 2.20. The molecule has 4 heteroatoms. The second kappa shape index (κ2) is 3.77. The molecule has 0 N–H and O–H groups in total. The second-order valence-corrected chi connectivity index (χ2v) is 4.14. The Morgan fingerprint density at radius 2 is 2.07 bits per heavy atom. The maximum absolute atomic E-state index is 13.0. The molecule has 0 amide bonds. The first kappa shape index (κ1) is 10.4. The Balaban J connectivity index is 2.49. The summed E-state index contributed by atoms with van der Waals surface area (Å²) < 4.78 is 18.9. The van der Waals surface area contributed by atoms with Crippen LogP contribution in [0.1, 0.15) is 11.5 Å². The van der Waals surface area contributed by atoms with E-state index in [1.807, 2.05) is 13.8 Å². The normalized spacial score (nSPS) is 10.7. The Morgan fingerprint density at radius 1 is 1.33 bits per heavy atom. The highest BCUT2D eigenvalue weighted by atomic mass is 79.9. The van der Waals surface area contributed by atoms with Crippen LogP contribution in [0.3, 0.4) is 0 Å². The molecule has 0 bridgehead atoms. The highest BCUT2D eigenvalue weighted by Crippen LogP contribution is 2.25. The highest BCUT2D eigenvalue weighted by Gasteiger charge is 2.09. The van der Waals surface area contributed by atoms with Crippen molar-refractivity contribution in [2.24, 2.45) is 0 Å². The van der Waals surface area contributed by atoms with Gasteiger partial charge in [-0.2, -0.15) is 0 Å². The molecule has 15 heavy (non-hydrogen) atoms. The molecule has 0 aliphatic heterocycles. The fourth-order valence-corrected chi connectivity index (χ4v) is 1.60. The van der Waals surface area contributed by atoms with Crippen LogP contribution in [0.4, 0.5) is 4.39 Å². The van der Waals surface area contributed by atoms with Crippen LogP contribution in [-0.2, 0) is 0 Å². The van der Waals surface area contributed by atoms with Gasteiger partial charge in [-0.1, -0.05) is 0 Å². The van der Waals surface area contributed by atoms with Crippen LogP contribution in [0.15, 0.2) is 27.1 Å². The van der Waals surface area contributed by atoms with Gasteiger partial charge in [0.2, 0.25) is 5.89 Å². The molecule has 2 aromatic rings. The minimum atomic E-state index is -0.293. The topological polar surface area (TPSA) is 26.0 Å². The molecule has 0 atom stereocenters. The van der Waals surface area contributed by atoms with Gasteiger partial charge in [-0.05, 0) is 48.0 Å². The van der Waals surface area contributed by atoms with Crippen molar-refractivity contribution in [3.63, 3.8) is 0 Å². The lowest BCUT2D eigenvalue weighted by atomic mass is 10.2. The van der Waals surface area contributed by atoms with E-state index < -0.39 is 0 Å². The highest BCUT2D eigenvalue weighted by molar-refractivity contribution is 9.10. The second-order valence-electron chi connectivity index (χ2n) is 3.29. The Bertz CT molecular complexity index is 488. The summed E-state index contributed by atoms with van der Waals surface area (Å²) in [5.74, 6) is 1.01. The maximum Gasteiger partial charge on any atom is 0.226 e. The number of rotatable bonds is 1. The molecular formula is C11H9BrFNO. The van der Waals surface area contributed by atoms with Crippen molar-refractivity contribution in [2.75, 3.05) is 0 Å². The number of hydrogen-bond acceptors (Lipinski definition) is 2. The lowest BCUT2D eigenvalue weighted by Gasteiger charge is -1.97. The van der Waals surface area contributed by atoms with Gasteiger partial charge >= 0.3 is 0 Å². The number of benzene rings is 1. The zero-order chi connectivity index (χ0) is 11.0. The fourth-order valence-electron chi connectivity index (χ4n) is 1.23. The summed E-state index contributed by atoms with van der Waals surface area (Å²) in [5.41, 5.74) is 1.62. The largest absolute Gasteiger partial charge is 0.441 e. The van der Waals surface area contributed by atoms with Crippen molar-refractivity contribution in [1.29, 1.82) is 0 Å². The van der Waals surface area contributed by atoms with E-state index in [9.17, 15) is 4.39 Å². The maximum atomic E-state index is 13.0. The Kier molecular flexibility index (Phi) is 2.61. The molecule has 0 radical (unpaired) electrons. The minimum Gasteiger partial charge on any atom is -0.441 e. The predicted octanol–water partition coefficient (Wildman–Crippen LogP) is 3.86. The quantitative estimate of drug-likeness (QED) is 0.786. The van der Waals surface area contributed by atoms with E-state index in [1.165, 1.54) is 6.07 Å². The summed E-state index contributed by atoms with van der Waals surface area (Å²) >= 11 is 3.12. The monoisotopic (exact) mass is 269 g/mol. The van der Waals surface area contributed by atoms with E-state index in [-0.39, 0.29) is 5.82 Å². The molecule has 2 rings (SSSR count). The van der Waals surface area contributed by atoms with Crippen LogP contribution in [0, 0.1) is 19.7 Å². The van der Waals surface area contributed by atoms with E-state index in [1.54, 1.807) is 12.1 Å². The summed E-state index contributed by atoms with van der Waals surface area (Å²) in [4.78, 5) is 4.24. The zero-order valence-corrected chi connectivity index (χ0v) is 9.93. The van der Waals surface area contributed by atoms with Crippen molar-refractivity contribution in [2.45, 2.75) is 13.8 Å². The van der Waals surface area contributed by atoms with Gasteiger partial charge in [0.15, 0.2) is 0 Å².